The van der Waals surface area contributed by atoms with Gasteiger partial charge in [-0.05, 0) is 24.3 Å². The molecule has 0 saturated heterocycles. The summed E-state index contributed by atoms with van der Waals surface area (Å²) in [4.78, 5) is 0. The van der Waals surface area contributed by atoms with Crippen molar-refractivity contribution in [2.24, 2.45) is 0 Å². The topological polar surface area (TPSA) is 57.6 Å². The fourth-order valence-electron chi connectivity index (χ4n) is 2.25. The molecule has 1 aliphatic rings. The predicted octanol–water partition coefficient (Wildman–Crippen LogP) is 1.67. The summed E-state index contributed by atoms with van der Waals surface area (Å²) >= 11 is 1.20. The molecule has 0 aliphatic heterocycles. The van der Waals surface area contributed by atoms with Gasteiger partial charge in [0.05, 0.1) is 5.60 Å². The van der Waals surface area contributed by atoms with Crippen LogP contribution in [0.4, 0.5) is 0 Å². The van der Waals surface area contributed by atoms with Crippen LogP contribution in [-0.2, 0) is 10.0 Å². The zero-order chi connectivity index (χ0) is 12.5. The van der Waals surface area contributed by atoms with E-state index in [2.05, 4.69) is 0 Å². The first-order valence-corrected chi connectivity index (χ1v) is 7.98. The van der Waals surface area contributed by atoms with Crippen LogP contribution in [0.5, 0.6) is 0 Å². The first-order valence-electron chi connectivity index (χ1n) is 5.66. The maximum absolute atomic E-state index is 12.1. The molecule has 0 amide bonds. The number of likely N-dealkylation sites (N-methyl/N-ethyl adjacent to an activating group) is 1. The molecule has 1 saturated carbocycles. The highest BCUT2D eigenvalue weighted by Gasteiger charge is 2.35. The highest BCUT2D eigenvalue weighted by Crippen LogP contribution is 2.31. The van der Waals surface area contributed by atoms with Crippen LogP contribution in [0.25, 0.3) is 0 Å². The van der Waals surface area contributed by atoms with Crippen molar-refractivity contribution in [2.75, 3.05) is 13.6 Å². The molecule has 1 N–H and O–H groups in total. The molecule has 1 aliphatic carbocycles. The van der Waals surface area contributed by atoms with Gasteiger partial charge in [0.25, 0.3) is 10.0 Å². The van der Waals surface area contributed by atoms with E-state index in [1.165, 1.54) is 22.7 Å². The molecule has 1 heterocycles. The molecule has 1 aromatic heterocycles. The SMILES string of the molecule is CN(CC1(O)CCCC1)S(=O)(=O)c1cccs1. The highest BCUT2D eigenvalue weighted by molar-refractivity contribution is 7.91. The summed E-state index contributed by atoms with van der Waals surface area (Å²) in [5.41, 5.74) is -0.834. The summed E-state index contributed by atoms with van der Waals surface area (Å²) in [6.45, 7) is 0.188. The summed E-state index contributed by atoms with van der Waals surface area (Å²) in [7, 11) is -1.90. The second kappa shape index (κ2) is 4.68. The first kappa shape index (κ1) is 13.0. The summed E-state index contributed by atoms with van der Waals surface area (Å²) < 4.78 is 25.9. The zero-order valence-electron chi connectivity index (χ0n) is 9.80. The molecule has 2 rings (SSSR count). The van der Waals surface area contributed by atoms with Crippen LogP contribution in [-0.4, -0.2) is 37.0 Å². The Hall–Kier alpha value is -0.430. The van der Waals surface area contributed by atoms with Crippen molar-refractivity contribution in [3.63, 3.8) is 0 Å². The molecule has 1 fully saturated rings. The van der Waals surface area contributed by atoms with Gasteiger partial charge >= 0.3 is 0 Å². The Balaban J connectivity index is 2.12. The monoisotopic (exact) mass is 275 g/mol. The van der Waals surface area contributed by atoms with Gasteiger partial charge in [-0.3, -0.25) is 0 Å². The molecule has 0 aromatic carbocycles. The number of nitrogens with zero attached hydrogens (tertiary/aromatic N) is 1. The Labute approximate surface area is 106 Å². The number of thiophene rings is 1. The standard InChI is InChI=1S/C11H17NO3S2/c1-12(9-11(13)6-2-3-7-11)17(14,15)10-5-4-8-16-10/h4-5,8,13H,2-3,6-7,9H2,1H3. The molecular weight excluding hydrogens is 258 g/mol. The average molecular weight is 275 g/mol. The van der Waals surface area contributed by atoms with Crippen LogP contribution >= 0.6 is 11.3 Å². The maximum Gasteiger partial charge on any atom is 0.252 e. The number of aliphatic hydroxyl groups is 1. The average Bonchev–Trinajstić information content (AvgIpc) is 2.88. The number of hydrogen-bond acceptors (Lipinski definition) is 4. The molecule has 1 aromatic rings. The van der Waals surface area contributed by atoms with E-state index < -0.39 is 15.6 Å². The second-order valence-corrected chi connectivity index (χ2v) is 7.84. The smallest absolute Gasteiger partial charge is 0.252 e. The lowest BCUT2D eigenvalue weighted by Gasteiger charge is -2.27. The second-order valence-electron chi connectivity index (χ2n) is 4.62. The van der Waals surface area contributed by atoms with E-state index in [1.54, 1.807) is 17.5 Å². The minimum atomic E-state index is -3.43. The van der Waals surface area contributed by atoms with Gasteiger partial charge in [-0.15, -0.1) is 11.3 Å². The van der Waals surface area contributed by atoms with Crippen molar-refractivity contribution in [1.82, 2.24) is 4.31 Å². The van der Waals surface area contributed by atoms with E-state index in [1.807, 2.05) is 0 Å². The van der Waals surface area contributed by atoms with Crippen LogP contribution in [0, 0.1) is 0 Å². The van der Waals surface area contributed by atoms with Gasteiger partial charge in [-0.1, -0.05) is 18.9 Å². The van der Waals surface area contributed by atoms with Crippen LogP contribution in [0.2, 0.25) is 0 Å². The Bertz CT molecular complexity index is 461. The number of sulfonamides is 1. The van der Waals surface area contributed by atoms with Crippen molar-refractivity contribution in [1.29, 1.82) is 0 Å². The fraction of sp³-hybridized carbons (Fsp3) is 0.636. The Morgan fingerprint density at radius 3 is 2.65 bits per heavy atom. The van der Waals surface area contributed by atoms with Crippen LogP contribution in [0.1, 0.15) is 25.7 Å². The van der Waals surface area contributed by atoms with Crippen molar-refractivity contribution < 1.29 is 13.5 Å². The third kappa shape index (κ3) is 2.70. The van der Waals surface area contributed by atoms with Crippen molar-refractivity contribution in [3.8, 4) is 0 Å². The van der Waals surface area contributed by atoms with Gasteiger partial charge < -0.3 is 5.11 Å². The van der Waals surface area contributed by atoms with Gasteiger partial charge in [0, 0.05) is 13.6 Å². The lowest BCUT2D eigenvalue weighted by Crippen LogP contribution is -2.41. The highest BCUT2D eigenvalue weighted by atomic mass is 32.2. The summed E-state index contributed by atoms with van der Waals surface area (Å²) in [6.07, 6.45) is 3.33. The van der Waals surface area contributed by atoms with Gasteiger partial charge in [0.2, 0.25) is 0 Å². The Kier molecular flexibility index (Phi) is 3.58. The first-order chi connectivity index (χ1) is 7.94. The van der Waals surface area contributed by atoms with Crippen molar-refractivity contribution in [2.45, 2.75) is 35.5 Å². The molecule has 0 radical (unpaired) electrons. The molecular formula is C11H17NO3S2. The van der Waals surface area contributed by atoms with Gasteiger partial charge in [0.1, 0.15) is 4.21 Å². The molecule has 17 heavy (non-hydrogen) atoms. The summed E-state index contributed by atoms with van der Waals surface area (Å²) in [5.74, 6) is 0. The third-order valence-electron chi connectivity index (χ3n) is 3.21. The third-order valence-corrected chi connectivity index (χ3v) is 6.39. The van der Waals surface area contributed by atoms with E-state index in [4.69, 9.17) is 0 Å². The molecule has 0 unspecified atom stereocenters. The van der Waals surface area contributed by atoms with E-state index in [0.717, 1.165) is 12.8 Å². The molecule has 0 spiro atoms. The summed E-state index contributed by atoms with van der Waals surface area (Å²) in [5, 5.41) is 12.0. The minimum absolute atomic E-state index is 0.188. The van der Waals surface area contributed by atoms with E-state index >= 15 is 0 Å². The maximum atomic E-state index is 12.1. The van der Waals surface area contributed by atoms with Crippen molar-refractivity contribution >= 4 is 21.4 Å². The van der Waals surface area contributed by atoms with Crippen molar-refractivity contribution in [3.05, 3.63) is 17.5 Å². The molecule has 96 valence electrons. The van der Waals surface area contributed by atoms with Gasteiger partial charge in [0.15, 0.2) is 0 Å². The minimum Gasteiger partial charge on any atom is -0.389 e. The largest absolute Gasteiger partial charge is 0.389 e. The summed E-state index contributed by atoms with van der Waals surface area (Å²) in [6, 6.07) is 3.31. The fourth-order valence-corrected chi connectivity index (χ4v) is 4.71. The quantitative estimate of drug-likeness (QED) is 0.909. The van der Waals surface area contributed by atoms with Crippen LogP contribution in [0.3, 0.4) is 0 Å². The van der Waals surface area contributed by atoms with Gasteiger partial charge in [-0.25, -0.2) is 8.42 Å². The number of rotatable bonds is 4. The van der Waals surface area contributed by atoms with Crippen LogP contribution in [0.15, 0.2) is 21.7 Å². The molecule has 4 nitrogen and oxygen atoms in total. The Morgan fingerprint density at radius 2 is 2.12 bits per heavy atom. The molecule has 0 atom stereocenters. The molecule has 0 bridgehead atoms. The van der Waals surface area contributed by atoms with E-state index in [9.17, 15) is 13.5 Å². The van der Waals surface area contributed by atoms with E-state index in [-0.39, 0.29) is 6.54 Å². The predicted molar refractivity (Wildman–Crippen MR) is 67.6 cm³/mol. The normalized spacial score (nSPS) is 19.9. The lowest BCUT2D eigenvalue weighted by molar-refractivity contribution is 0.0334. The zero-order valence-corrected chi connectivity index (χ0v) is 11.4. The Morgan fingerprint density at radius 1 is 1.47 bits per heavy atom. The van der Waals surface area contributed by atoms with Crippen LogP contribution < -0.4 is 0 Å². The molecule has 6 heteroatoms. The lowest BCUT2D eigenvalue weighted by atomic mass is 10.0. The van der Waals surface area contributed by atoms with Gasteiger partial charge in [-0.2, -0.15) is 4.31 Å². The van der Waals surface area contributed by atoms with E-state index in [0.29, 0.717) is 17.1 Å². The number of hydrogen-bond donors (Lipinski definition) is 1.